The third-order valence-electron chi connectivity index (χ3n) is 2.36. The van der Waals surface area contributed by atoms with Gasteiger partial charge >= 0.3 is 0 Å². The molecule has 0 aliphatic heterocycles. The molecule has 0 aliphatic rings. The monoisotopic (exact) mass is 274 g/mol. The van der Waals surface area contributed by atoms with Crippen molar-refractivity contribution >= 4 is 39.0 Å². The van der Waals surface area contributed by atoms with Crippen LogP contribution in [0.5, 0.6) is 0 Å². The van der Waals surface area contributed by atoms with E-state index in [-0.39, 0.29) is 0 Å². The van der Waals surface area contributed by atoms with Gasteiger partial charge in [-0.2, -0.15) is 5.10 Å². The van der Waals surface area contributed by atoms with Crippen molar-refractivity contribution in [3.63, 3.8) is 0 Å². The third kappa shape index (κ3) is 2.30. The number of anilines is 1. The normalized spacial score (nSPS) is 10.9. The summed E-state index contributed by atoms with van der Waals surface area (Å²) in [5.74, 6) is 0. The van der Waals surface area contributed by atoms with Gasteiger partial charge in [0.25, 0.3) is 0 Å². The van der Waals surface area contributed by atoms with Crippen molar-refractivity contribution in [3.05, 3.63) is 36.0 Å². The predicted octanol–water partition coefficient (Wildman–Crippen LogP) is 3.13. The van der Waals surface area contributed by atoms with Gasteiger partial charge < -0.3 is 5.73 Å². The number of nitrogens with zero attached hydrogens (tertiary/aromatic N) is 3. The Bertz CT molecular complexity index is 691. The third-order valence-corrected chi connectivity index (χ3v) is 4.36. The maximum atomic E-state index is 5.75. The quantitative estimate of drug-likeness (QED) is 0.727. The van der Waals surface area contributed by atoms with Crippen molar-refractivity contribution in [3.8, 4) is 0 Å². The van der Waals surface area contributed by atoms with Gasteiger partial charge in [0.05, 0.1) is 15.9 Å². The number of aryl methyl sites for hydroxylation is 1. The summed E-state index contributed by atoms with van der Waals surface area (Å²) in [7, 11) is 0. The molecule has 0 saturated carbocycles. The summed E-state index contributed by atoms with van der Waals surface area (Å²) in [6.45, 7) is 1.92. The second kappa shape index (κ2) is 4.55. The minimum Gasteiger partial charge on any atom is -0.399 e. The van der Waals surface area contributed by atoms with Gasteiger partial charge in [0.15, 0.2) is 4.34 Å². The molecule has 0 fully saturated rings. The minimum absolute atomic E-state index is 0.762. The molecule has 2 N–H and O–H groups in total. The Morgan fingerprint density at radius 1 is 1.17 bits per heavy atom. The Labute approximate surface area is 112 Å². The zero-order valence-electron chi connectivity index (χ0n) is 9.62. The van der Waals surface area contributed by atoms with Crippen molar-refractivity contribution < 1.29 is 0 Å². The van der Waals surface area contributed by atoms with Crippen LogP contribution in [0.25, 0.3) is 10.2 Å². The van der Waals surface area contributed by atoms with E-state index in [1.165, 1.54) is 11.8 Å². The van der Waals surface area contributed by atoms with Crippen LogP contribution in [0.3, 0.4) is 0 Å². The molecule has 0 radical (unpaired) electrons. The maximum absolute atomic E-state index is 5.75. The largest absolute Gasteiger partial charge is 0.399 e. The highest BCUT2D eigenvalue weighted by Crippen LogP contribution is 2.33. The molecule has 0 unspecified atom stereocenters. The number of fused-ring (bicyclic) bond motifs is 1. The molecule has 1 aromatic carbocycles. The highest BCUT2D eigenvalue weighted by molar-refractivity contribution is 8.01. The van der Waals surface area contributed by atoms with E-state index in [2.05, 4.69) is 15.2 Å². The fourth-order valence-corrected chi connectivity index (χ4v) is 3.47. The molecule has 0 spiro atoms. The SMILES string of the molecule is Cc1ccc(Sc2nc3ccc(N)cc3s2)nn1. The Balaban J connectivity index is 1.92. The molecule has 0 bridgehead atoms. The van der Waals surface area contributed by atoms with Crippen LogP contribution in [0.1, 0.15) is 5.69 Å². The van der Waals surface area contributed by atoms with Gasteiger partial charge in [0, 0.05) is 5.69 Å². The number of nitrogens with two attached hydrogens (primary N) is 1. The van der Waals surface area contributed by atoms with Crippen LogP contribution >= 0.6 is 23.1 Å². The standard InChI is InChI=1S/C12H10N4S2/c1-7-2-5-11(16-15-7)18-12-14-9-4-3-8(13)6-10(9)17-12/h2-6H,13H2,1H3. The fraction of sp³-hybridized carbons (Fsp3) is 0.0833. The number of thiazole rings is 1. The molecule has 4 nitrogen and oxygen atoms in total. The average molecular weight is 274 g/mol. The zero-order valence-corrected chi connectivity index (χ0v) is 11.3. The number of hydrogen-bond donors (Lipinski definition) is 1. The van der Waals surface area contributed by atoms with Gasteiger partial charge in [-0.3, -0.25) is 0 Å². The Kier molecular flexibility index (Phi) is 2.89. The molecule has 6 heteroatoms. The Morgan fingerprint density at radius 3 is 2.83 bits per heavy atom. The smallest absolute Gasteiger partial charge is 0.157 e. The van der Waals surface area contributed by atoms with Crippen molar-refractivity contribution in [2.75, 3.05) is 5.73 Å². The lowest BCUT2D eigenvalue weighted by molar-refractivity contribution is 0.895. The Hall–Kier alpha value is -1.66. The highest BCUT2D eigenvalue weighted by atomic mass is 32.2. The molecule has 18 heavy (non-hydrogen) atoms. The summed E-state index contributed by atoms with van der Waals surface area (Å²) in [5.41, 5.74) is 8.40. The van der Waals surface area contributed by atoms with Crippen LogP contribution in [0.15, 0.2) is 39.7 Å². The van der Waals surface area contributed by atoms with Gasteiger partial charge in [-0.1, -0.05) is 0 Å². The van der Waals surface area contributed by atoms with Crippen LogP contribution in [0.2, 0.25) is 0 Å². The van der Waals surface area contributed by atoms with Crippen molar-refractivity contribution in [2.45, 2.75) is 16.3 Å². The maximum Gasteiger partial charge on any atom is 0.157 e. The van der Waals surface area contributed by atoms with Gasteiger partial charge in [0.1, 0.15) is 5.03 Å². The lowest BCUT2D eigenvalue weighted by Gasteiger charge is -1.95. The predicted molar refractivity (Wildman–Crippen MR) is 74.9 cm³/mol. The van der Waals surface area contributed by atoms with E-state index in [0.29, 0.717) is 0 Å². The van der Waals surface area contributed by atoms with Gasteiger partial charge in [0.2, 0.25) is 0 Å². The molecule has 2 heterocycles. The van der Waals surface area contributed by atoms with Gasteiger partial charge in [-0.15, -0.1) is 16.4 Å². The molecular formula is C12H10N4S2. The molecule has 0 atom stereocenters. The van der Waals surface area contributed by atoms with E-state index in [0.717, 1.165) is 31.0 Å². The zero-order chi connectivity index (χ0) is 12.5. The molecule has 0 amide bonds. The van der Waals surface area contributed by atoms with E-state index >= 15 is 0 Å². The average Bonchev–Trinajstić information content (AvgIpc) is 2.73. The molecule has 3 aromatic rings. The summed E-state index contributed by atoms with van der Waals surface area (Å²) in [4.78, 5) is 4.53. The van der Waals surface area contributed by atoms with Crippen LogP contribution in [0.4, 0.5) is 5.69 Å². The minimum atomic E-state index is 0.762. The first-order chi connectivity index (χ1) is 8.70. The first kappa shape index (κ1) is 11.4. The van der Waals surface area contributed by atoms with Gasteiger partial charge in [-0.25, -0.2) is 4.98 Å². The lowest BCUT2D eigenvalue weighted by Crippen LogP contribution is -1.86. The van der Waals surface area contributed by atoms with E-state index < -0.39 is 0 Å². The summed E-state index contributed by atoms with van der Waals surface area (Å²) in [6, 6.07) is 9.64. The molecule has 0 aliphatic carbocycles. The van der Waals surface area contributed by atoms with Crippen molar-refractivity contribution in [1.29, 1.82) is 0 Å². The summed E-state index contributed by atoms with van der Waals surface area (Å²) >= 11 is 3.14. The van der Waals surface area contributed by atoms with Crippen LogP contribution < -0.4 is 5.73 Å². The number of benzene rings is 1. The van der Waals surface area contributed by atoms with Crippen LogP contribution in [0, 0.1) is 6.92 Å². The molecular weight excluding hydrogens is 264 g/mol. The number of nitrogen functional groups attached to an aromatic ring is 1. The van der Waals surface area contributed by atoms with E-state index in [9.17, 15) is 0 Å². The van der Waals surface area contributed by atoms with E-state index in [4.69, 9.17) is 5.73 Å². The molecule has 2 aromatic heterocycles. The van der Waals surface area contributed by atoms with Crippen LogP contribution in [-0.4, -0.2) is 15.2 Å². The molecule has 3 rings (SSSR count). The number of aromatic nitrogens is 3. The number of hydrogen-bond acceptors (Lipinski definition) is 6. The van der Waals surface area contributed by atoms with E-state index in [1.807, 2.05) is 37.3 Å². The summed E-state index contributed by atoms with van der Waals surface area (Å²) in [6.07, 6.45) is 0. The number of rotatable bonds is 2. The summed E-state index contributed by atoms with van der Waals surface area (Å²) < 4.78 is 2.05. The molecule has 90 valence electrons. The summed E-state index contributed by atoms with van der Waals surface area (Å²) in [5, 5.41) is 9.00. The lowest BCUT2D eigenvalue weighted by atomic mass is 10.3. The second-order valence-corrected chi connectivity index (χ2v) is 6.12. The van der Waals surface area contributed by atoms with Gasteiger partial charge in [-0.05, 0) is 49.0 Å². The Morgan fingerprint density at radius 2 is 2.06 bits per heavy atom. The molecule has 0 saturated heterocycles. The van der Waals surface area contributed by atoms with Crippen molar-refractivity contribution in [2.24, 2.45) is 0 Å². The second-order valence-electron chi connectivity index (χ2n) is 3.82. The van der Waals surface area contributed by atoms with Crippen molar-refractivity contribution in [1.82, 2.24) is 15.2 Å². The van der Waals surface area contributed by atoms with Crippen LogP contribution in [-0.2, 0) is 0 Å². The first-order valence-electron chi connectivity index (χ1n) is 5.35. The van der Waals surface area contributed by atoms with E-state index in [1.54, 1.807) is 11.3 Å². The highest BCUT2D eigenvalue weighted by Gasteiger charge is 2.07. The fourth-order valence-electron chi connectivity index (χ4n) is 1.49. The topological polar surface area (TPSA) is 64.7 Å². The first-order valence-corrected chi connectivity index (χ1v) is 6.98.